The molecule has 1 fully saturated rings. The van der Waals surface area contributed by atoms with Crippen molar-refractivity contribution < 1.29 is 28.6 Å². The maximum absolute atomic E-state index is 12.1. The van der Waals surface area contributed by atoms with Crippen molar-refractivity contribution in [3.8, 4) is 5.75 Å². The Morgan fingerprint density at radius 2 is 1.83 bits per heavy atom. The Bertz CT molecular complexity index is 897. The summed E-state index contributed by atoms with van der Waals surface area (Å²) in [6.07, 6.45) is 2.12. The molecule has 1 saturated heterocycles. The molecule has 0 aliphatic carbocycles. The summed E-state index contributed by atoms with van der Waals surface area (Å²) in [7, 11) is 0. The summed E-state index contributed by atoms with van der Waals surface area (Å²) in [5, 5.41) is 0.249. The van der Waals surface area contributed by atoms with Gasteiger partial charge in [-0.15, -0.1) is 0 Å². The molecule has 0 bridgehead atoms. The number of ether oxygens (including phenoxy) is 3. The number of carbonyl (C=O) groups is 3. The lowest BCUT2D eigenvalue weighted by molar-refractivity contribution is -0.125. The number of carbonyl (C=O) groups excluding carboxylic acids is 3. The van der Waals surface area contributed by atoms with Gasteiger partial charge in [0.2, 0.25) is 0 Å². The van der Waals surface area contributed by atoms with E-state index in [4.69, 9.17) is 25.8 Å². The SMILES string of the molecule is O=C(COC(=O)c1ccc(OCC2CCCO2)cc1)NNC(=O)c1ccccc1Cl. The molecule has 2 amide bonds. The molecule has 0 radical (unpaired) electrons. The van der Waals surface area contributed by atoms with Crippen LogP contribution in [0.3, 0.4) is 0 Å². The molecular weight excluding hydrogens is 412 g/mol. The highest BCUT2D eigenvalue weighted by atomic mass is 35.5. The Morgan fingerprint density at radius 3 is 2.53 bits per heavy atom. The first-order valence-corrected chi connectivity index (χ1v) is 9.76. The summed E-state index contributed by atoms with van der Waals surface area (Å²) in [6.45, 7) is 0.666. The van der Waals surface area contributed by atoms with Gasteiger partial charge in [0, 0.05) is 6.61 Å². The van der Waals surface area contributed by atoms with E-state index in [1.54, 1.807) is 42.5 Å². The van der Waals surface area contributed by atoms with E-state index < -0.39 is 24.4 Å². The minimum absolute atomic E-state index is 0.103. The molecular formula is C21H21ClN2O6. The van der Waals surface area contributed by atoms with Crippen LogP contribution in [0.25, 0.3) is 0 Å². The Kier molecular flexibility index (Phi) is 7.64. The third-order valence-electron chi connectivity index (χ3n) is 4.32. The van der Waals surface area contributed by atoms with Gasteiger partial charge in [-0.2, -0.15) is 0 Å². The van der Waals surface area contributed by atoms with Crippen LogP contribution in [0.2, 0.25) is 5.02 Å². The molecule has 0 saturated carbocycles. The summed E-state index contributed by atoms with van der Waals surface area (Å²) in [5.74, 6) is -1.34. The van der Waals surface area contributed by atoms with E-state index in [9.17, 15) is 14.4 Å². The van der Waals surface area contributed by atoms with Crippen LogP contribution in [0.5, 0.6) is 5.75 Å². The molecule has 3 rings (SSSR count). The Labute approximate surface area is 178 Å². The van der Waals surface area contributed by atoms with Crippen LogP contribution < -0.4 is 15.6 Å². The maximum atomic E-state index is 12.1. The van der Waals surface area contributed by atoms with Crippen LogP contribution in [-0.2, 0) is 14.3 Å². The predicted molar refractivity (Wildman–Crippen MR) is 108 cm³/mol. The van der Waals surface area contributed by atoms with Gasteiger partial charge in [-0.3, -0.25) is 20.4 Å². The molecule has 1 unspecified atom stereocenters. The van der Waals surface area contributed by atoms with Crippen LogP contribution in [0, 0.1) is 0 Å². The van der Waals surface area contributed by atoms with Gasteiger partial charge in [0.25, 0.3) is 11.8 Å². The quantitative estimate of drug-likeness (QED) is 0.514. The fraction of sp³-hybridized carbons (Fsp3) is 0.286. The zero-order valence-electron chi connectivity index (χ0n) is 16.1. The van der Waals surface area contributed by atoms with E-state index in [0.29, 0.717) is 12.4 Å². The van der Waals surface area contributed by atoms with Crippen LogP contribution >= 0.6 is 11.6 Å². The highest BCUT2D eigenvalue weighted by Gasteiger charge is 2.16. The van der Waals surface area contributed by atoms with Gasteiger partial charge >= 0.3 is 5.97 Å². The number of nitrogens with one attached hydrogen (secondary N) is 2. The average Bonchev–Trinajstić information content (AvgIpc) is 3.29. The van der Waals surface area contributed by atoms with Gasteiger partial charge in [0.1, 0.15) is 12.4 Å². The number of benzene rings is 2. The molecule has 158 valence electrons. The van der Waals surface area contributed by atoms with Gasteiger partial charge in [0.05, 0.1) is 22.3 Å². The summed E-state index contributed by atoms with van der Waals surface area (Å²) in [6, 6.07) is 12.8. The smallest absolute Gasteiger partial charge is 0.338 e. The first-order chi connectivity index (χ1) is 14.5. The van der Waals surface area contributed by atoms with Crippen molar-refractivity contribution in [1.29, 1.82) is 0 Å². The van der Waals surface area contributed by atoms with E-state index >= 15 is 0 Å². The lowest BCUT2D eigenvalue weighted by atomic mass is 10.2. The molecule has 8 nitrogen and oxygen atoms in total. The molecule has 0 spiro atoms. The number of hydrogen-bond acceptors (Lipinski definition) is 6. The van der Waals surface area contributed by atoms with E-state index in [0.717, 1.165) is 19.4 Å². The third-order valence-corrected chi connectivity index (χ3v) is 4.65. The largest absolute Gasteiger partial charge is 0.491 e. The fourth-order valence-corrected chi connectivity index (χ4v) is 2.96. The molecule has 1 aliphatic heterocycles. The minimum Gasteiger partial charge on any atom is -0.491 e. The van der Waals surface area contributed by atoms with E-state index in [1.807, 2.05) is 0 Å². The molecule has 1 atom stereocenters. The first kappa shape index (κ1) is 21.6. The molecule has 30 heavy (non-hydrogen) atoms. The highest BCUT2D eigenvalue weighted by molar-refractivity contribution is 6.33. The summed E-state index contributed by atoms with van der Waals surface area (Å²) in [4.78, 5) is 35.8. The fourth-order valence-electron chi connectivity index (χ4n) is 2.74. The van der Waals surface area contributed by atoms with Crippen molar-refractivity contribution in [2.75, 3.05) is 19.8 Å². The number of rotatable bonds is 7. The Hall–Kier alpha value is -3.10. The molecule has 2 aromatic rings. The van der Waals surface area contributed by atoms with E-state index in [1.165, 1.54) is 6.07 Å². The van der Waals surface area contributed by atoms with Gasteiger partial charge < -0.3 is 14.2 Å². The lowest BCUT2D eigenvalue weighted by Gasteiger charge is -2.12. The normalized spacial score (nSPS) is 15.3. The standard InChI is InChI=1S/C21H21ClN2O6/c22-18-6-2-1-5-17(18)20(26)24-23-19(25)13-30-21(27)14-7-9-15(10-8-14)29-12-16-4-3-11-28-16/h1-2,5-10,16H,3-4,11-13H2,(H,23,25)(H,24,26). The van der Waals surface area contributed by atoms with E-state index in [-0.39, 0.29) is 22.3 Å². The van der Waals surface area contributed by atoms with Crippen LogP contribution in [0.4, 0.5) is 0 Å². The van der Waals surface area contributed by atoms with Gasteiger partial charge in [-0.25, -0.2) is 4.79 Å². The van der Waals surface area contributed by atoms with Gasteiger partial charge in [-0.1, -0.05) is 23.7 Å². The molecule has 9 heteroatoms. The molecule has 1 aliphatic rings. The topological polar surface area (TPSA) is 103 Å². The molecule has 1 heterocycles. The van der Waals surface area contributed by atoms with Crippen molar-refractivity contribution in [2.45, 2.75) is 18.9 Å². The molecule has 2 aromatic carbocycles. The average molecular weight is 433 g/mol. The summed E-state index contributed by atoms with van der Waals surface area (Å²) >= 11 is 5.91. The van der Waals surface area contributed by atoms with Crippen molar-refractivity contribution in [2.24, 2.45) is 0 Å². The van der Waals surface area contributed by atoms with Crippen molar-refractivity contribution in [1.82, 2.24) is 10.9 Å². The lowest BCUT2D eigenvalue weighted by Crippen LogP contribution is -2.43. The van der Waals surface area contributed by atoms with Gasteiger partial charge in [0.15, 0.2) is 6.61 Å². The maximum Gasteiger partial charge on any atom is 0.338 e. The first-order valence-electron chi connectivity index (χ1n) is 9.38. The molecule has 0 aromatic heterocycles. The van der Waals surface area contributed by atoms with E-state index in [2.05, 4.69) is 10.9 Å². The number of esters is 1. The van der Waals surface area contributed by atoms with Crippen molar-refractivity contribution in [3.63, 3.8) is 0 Å². The zero-order valence-corrected chi connectivity index (χ0v) is 16.8. The second-order valence-corrected chi connectivity index (χ2v) is 6.94. The van der Waals surface area contributed by atoms with Crippen LogP contribution in [-0.4, -0.2) is 43.7 Å². The monoisotopic (exact) mass is 432 g/mol. The van der Waals surface area contributed by atoms with Crippen LogP contribution in [0.15, 0.2) is 48.5 Å². The Morgan fingerprint density at radius 1 is 1.07 bits per heavy atom. The van der Waals surface area contributed by atoms with Crippen LogP contribution in [0.1, 0.15) is 33.6 Å². The summed E-state index contributed by atoms with van der Waals surface area (Å²) in [5.41, 5.74) is 4.85. The van der Waals surface area contributed by atoms with Gasteiger partial charge in [-0.05, 0) is 49.2 Å². The Balaban J connectivity index is 1.39. The van der Waals surface area contributed by atoms with Crippen molar-refractivity contribution >= 4 is 29.4 Å². The zero-order chi connectivity index (χ0) is 21.3. The number of hydrogen-bond donors (Lipinski definition) is 2. The highest BCUT2D eigenvalue weighted by Crippen LogP contribution is 2.17. The number of hydrazine groups is 1. The minimum atomic E-state index is -0.694. The second-order valence-electron chi connectivity index (χ2n) is 6.53. The van der Waals surface area contributed by atoms with Crippen molar-refractivity contribution in [3.05, 3.63) is 64.7 Å². The second kappa shape index (κ2) is 10.6. The predicted octanol–water partition coefficient (Wildman–Crippen LogP) is 2.52. The third kappa shape index (κ3) is 6.20. The number of halogens is 1. The summed E-state index contributed by atoms with van der Waals surface area (Å²) < 4.78 is 16.1. The number of amides is 2. The molecule has 2 N–H and O–H groups in total.